The van der Waals surface area contributed by atoms with E-state index in [0.29, 0.717) is 18.9 Å². The van der Waals surface area contributed by atoms with Crippen LogP contribution in [0.3, 0.4) is 0 Å². The van der Waals surface area contributed by atoms with Crippen LogP contribution in [0.15, 0.2) is 42.5 Å². The van der Waals surface area contributed by atoms with Gasteiger partial charge in [0, 0.05) is 18.8 Å². The number of anilines is 2. The first-order valence-corrected chi connectivity index (χ1v) is 10.0. The number of thiazole rings is 1. The number of carbonyl (C=O) groups is 1. The molecule has 2 heterocycles. The van der Waals surface area contributed by atoms with E-state index in [9.17, 15) is 13.6 Å². The average Bonchev–Trinajstić information content (AvgIpc) is 3.11. The van der Waals surface area contributed by atoms with E-state index in [-0.39, 0.29) is 0 Å². The predicted octanol–water partition coefficient (Wildman–Crippen LogP) is 4.49. The van der Waals surface area contributed by atoms with Crippen LogP contribution in [0.5, 0.6) is 0 Å². The first-order chi connectivity index (χ1) is 14.0. The zero-order valence-electron chi connectivity index (χ0n) is 15.7. The average molecular weight is 415 g/mol. The van der Waals surface area contributed by atoms with Crippen LogP contribution in [-0.2, 0) is 4.74 Å². The third kappa shape index (κ3) is 4.13. The Hall–Kier alpha value is -2.84. The van der Waals surface area contributed by atoms with E-state index < -0.39 is 23.1 Å². The van der Waals surface area contributed by atoms with Crippen LogP contribution in [0.2, 0.25) is 0 Å². The van der Waals surface area contributed by atoms with Crippen molar-refractivity contribution >= 4 is 28.1 Å². The molecule has 8 heteroatoms. The summed E-state index contributed by atoms with van der Waals surface area (Å²) in [6.45, 7) is 5.01. The van der Waals surface area contributed by atoms with Crippen molar-refractivity contribution in [3.8, 4) is 10.4 Å². The molecule has 150 valence electrons. The zero-order valence-corrected chi connectivity index (χ0v) is 16.6. The standard InChI is InChI=1S/C21H19F2N3O2S/c1-13-19(29-21(24-13)26-9-11-28-12-10-26)14-5-7-15(8-6-14)25-20(27)18-16(22)3-2-4-17(18)23/h2-8H,9-12H2,1H3,(H,25,27). The maximum absolute atomic E-state index is 13.8. The number of nitrogens with one attached hydrogen (secondary N) is 1. The van der Waals surface area contributed by atoms with Gasteiger partial charge >= 0.3 is 0 Å². The van der Waals surface area contributed by atoms with Crippen molar-refractivity contribution < 1.29 is 18.3 Å². The highest BCUT2D eigenvalue weighted by molar-refractivity contribution is 7.19. The number of ether oxygens (including phenoxy) is 1. The third-order valence-corrected chi connectivity index (χ3v) is 5.93. The minimum absolute atomic E-state index is 0.456. The first-order valence-electron chi connectivity index (χ1n) is 9.19. The van der Waals surface area contributed by atoms with Crippen LogP contribution in [-0.4, -0.2) is 37.2 Å². The number of benzene rings is 2. The van der Waals surface area contributed by atoms with E-state index in [1.807, 2.05) is 19.1 Å². The summed E-state index contributed by atoms with van der Waals surface area (Å²) in [7, 11) is 0. The number of carbonyl (C=O) groups excluding carboxylic acids is 1. The van der Waals surface area contributed by atoms with Gasteiger partial charge in [-0.15, -0.1) is 0 Å². The molecule has 3 aromatic rings. The maximum atomic E-state index is 13.8. The molecule has 0 aliphatic carbocycles. The molecular formula is C21H19F2N3O2S. The molecule has 0 radical (unpaired) electrons. The number of aromatic nitrogens is 1. The Labute approximate surface area is 171 Å². The minimum Gasteiger partial charge on any atom is -0.378 e. The normalized spacial score (nSPS) is 14.1. The minimum atomic E-state index is -0.893. The summed E-state index contributed by atoms with van der Waals surface area (Å²) in [5, 5.41) is 3.50. The van der Waals surface area contributed by atoms with Crippen LogP contribution in [0.25, 0.3) is 10.4 Å². The van der Waals surface area contributed by atoms with E-state index in [4.69, 9.17) is 4.74 Å². The Bertz CT molecular complexity index is 1010. The first kappa shape index (κ1) is 19.5. The van der Waals surface area contributed by atoms with Crippen molar-refractivity contribution in [2.45, 2.75) is 6.92 Å². The second kappa shape index (κ2) is 8.26. The number of rotatable bonds is 4. The monoisotopic (exact) mass is 415 g/mol. The van der Waals surface area contributed by atoms with Crippen LogP contribution in [0.1, 0.15) is 16.1 Å². The number of nitrogens with zero attached hydrogens (tertiary/aromatic N) is 2. The smallest absolute Gasteiger partial charge is 0.261 e. The Morgan fingerprint density at radius 3 is 2.41 bits per heavy atom. The number of hydrogen-bond acceptors (Lipinski definition) is 5. The summed E-state index contributed by atoms with van der Waals surface area (Å²) < 4.78 is 32.9. The molecule has 0 bridgehead atoms. The van der Waals surface area contributed by atoms with Crippen molar-refractivity contribution in [3.05, 3.63) is 65.4 Å². The quantitative estimate of drug-likeness (QED) is 0.682. The molecule has 1 aromatic heterocycles. The van der Waals surface area contributed by atoms with E-state index in [2.05, 4.69) is 15.2 Å². The Morgan fingerprint density at radius 2 is 1.76 bits per heavy atom. The molecule has 1 amide bonds. The van der Waals surface area contributed by atoms with Crippen molar-refractivity contribution in [1.29, 1.82) is 0 Å². The fourth-order valence-corrected chi connectivity index (χ4v) is 4.28. The summed E-state index contributed by atoms with van der Waals surface area (Å²) in [4.78, 5) is 20.2. The molecular weight excluding hydrogens is 396 g/mol. The lowest BCUT2D eigenvalue weighted by molar-refractivity contribution is 0.101. The molecule has 1 aliphatic heterocycles. The second-order valence-electron chi connectivity index (χ2n) is 6.64. The van der Waals surface area contributed by atoms with Gasteiger partial charge in [0.05, 0.1) is 23.8 Å². The number of morpholine rings is 1. The van der Waals surface area contributed by atoms with Crippen molar-refractivity contribution in [2.75, 3.05) is 36.5 Å². The molecule has 0 spiro atoms. The maximum Gasteiger partial charge on any atom is 0.261 e. The number of aryl methyl sites for hydroxylation is 1. The lowest BCUT2D eigenvalue weighted by Crippen LogP contribution is -2.36. The number of amides is 1. The summed E-state index contributed by atoms with van der Waals surface area (Å²) in [6.07, 6.45) is 0. The molecule has 0 unspecified atom stereocenters. The summed E-state index contributed by atoms with van der Waals surface area (Å²) in [5.41, 5.74) is 1.76. The Kier molecular flexibility index (Phi) is 5.55. The highest BCUT2D eigenvalue weighted by atomic mass is 32.1. The molecule has 1 saturated heterocycles. The molecule has 29 heavy (non-hydrogen) atoms. The zero-order chi connectivity index (χ0) is 20.4. The van der Waals surface area contributed by atoms with Crippen LogP contribution < -0.4 is 10.2 Å². The Morgan fingerprint density at radius 1 is 1.10 bits per heavy atom. The summed E-state index contributed by atoms with van der Waals surface area (Å²) in [6, 6.07) is 10.5. The third-order valence-electron chi connectivity index (χ3n) is 4.66. The number of hydrogen-bond donors (Lipinski definition) is 1. The highest BCUT2D eigenvalue weighted by Crippen LogP contribution is 2.35. The van der Waals surface area contributed by atoms with Crippen LogP contribution >= 0.6 is 11.3 Å². The van der Waals surface area contributed by atoms with E-state index in [1.54, 1.807) is 23.5 Å². The molecule has 1 N–H and O–H groups in total. The van der Waals surface area contributed by atoms with Gasteiger partial charge in [0.15, 0.2) is 5.13 Å². The van der Waals surface area contributed by atoms with Gasteiger partial charge in [0.25, 0.3) is 5.91 Å². The van der Waals surface area contributed by atoms with Crippen LogP contribution in [0, 0.1) is 18.6 Å². The van der Waals surface area contributed by atoms with Gasteiger partial charge in [-0.25, -0.2) is 13.8 Å². The summed E-state index contributed by atoms with van der Waals surface area (Å²) >= 11 is 1.61. The predicted molar refractivity (Wildman–Crippen MR) is 110 cm³/mol. The van der Waals surface area contributed by atoms with Gasteiger partial charge in [0.1, 0.15) is 17.2 Å². The largest absolute Gasteiger partial charge is 0.378 e. The van der Waals surface area contributed by atoms with Gasteiger partial charge < -0.3 is 15.0 Å². The summed E-state index contributed by atoms with van der Waals surface area (Å²) in [5.74, 6) is -2.61. The highest BCUT2D eigenvalue weighted by Gasteiger charge is 2.19. The molecule has 1 fully saturated rings. The number of halogens is 2. The SMILES string of the molecule is Cc1nc(N2CCOCC2)sc1-c1ccc(NC(=O)c2c(F)cccc2F)cc1. The van der Waals surface area contributed by atoms with Gasteiger partial charge in [-0.3, -0.25) is 4.79 Å². The van der Waals surface area contributed by atoms with Gasteiger partial charge in [0.2, 0.25) is 0 Å². The van der Waals surface area contributed by atoms with Gasteiger partial charge in [-0.05, 0) is 36.8 Å². The second-order valence-corrected chi connectivity index (χ2v) is 7.62. The Balaban J connectivity index is 1.51. The molecule has 0 saturated carbocycles. The van der Waals surface area contributed by atoms with Crippen molar-refractivity contribution in [2.24, 2.45) is 0 Å². The van der Waals surface area contributed by atoms with Crippen molar-refractivity contribution in [3.63, 3.8) is 0 Å². The van der Waals surface area contributed by atoms with Crippen LogP contribution in [0.4, 0.5) is 19.6 Å². The topological polar surface area (TPSA) is 54.5 Å². The molecule has 2 aromatic carbocycles. The molecule has 5 nitrogen and oxygen atoms in total. The van der Waals surface area contributed by atoms with E-state index in [1.165, 1.54) is 6.07 Å². The molecule has 4 rings (SSSR count). The molecule has 0 atom stereocenters. The fourth-order valence-electron chi connectivity index (χ4n) is 3.15. The molecule has 1 aliphatic rings. The lowest BCUT2D eigenvalue weighted by atomic mass is 10.1. The van der Waals surface area contributed by atoms with Gasteiger partial charge in [-0.2, -0.15) is 0 Å². The van der Waals surface area contributed by atoms with Crippen molar-refractivity contribution in [1.82, 2.24) is 4.98 Å². The van der Waals surface area contributed by atoms with Gasteiger partial charge in [-0.1, -0.05) is 29.5 Å². The fraction of sp³-hybridized carbons (Fsp3) is 0.238. The van der Waals surface area contributed by atoms with E-state index in [0.717, 1.165) is 46.5 Å². The van der Waals surface area contributed by atoms with E-state index >= 15 is 0 Å². The lowest BCUT2D eigenvalue weighted by Gasteiger charge is -2.26.